The number of nitrogens with zero attached hydrogens (tertiary/aromatic N) is 7. The number of aryl methyl sites for hydroxylation is 1. The highest BCUT2D eigenvalue weighted by atomic mass is 32.2. The van der Waals surface area contributed by atoms with Crippen LogP contribution in [0.2, 0.25) is 0 Å². The monoisotopic (exact) mass is 443 g/mol. The van der Waals surface area contributed by atoms with Crippen LogP contribution in [0.1, 0.15) is 30.6 Å². The zero-order chi connectivity index (χ0) is 22.0. The summed E-state index contributed by atoms with van der Waals surface area (Å²) in [7, 11) is -0.826. The highest BCUT2D eigenvalue weighted by Gasteiger charge is 2.23. The van der Waals surface area contributed by atoms with E-state index in [1.807, 2.05) is 30.4 Å². The third kappa shape index (κ3) is 4.66. The van der Waals surface area contributed by atoms with Gasteiger partial charge in [0.2, 0.25) is 0 Å². The van der Waals surface area contributed by atoms with Crippen LogP contribution in [0.25, 0.3) is 11.2 Å². The molecular formula is C20H25N7O3S. The molecule has 0 aromatic carbocycles. The molecule has 1 unspecified atom stereocenters. The Morgan fingerprint density at radius 3 is 2.84 bits per heavy atom. The zero-order valence-corrected chi connectivity index (χ0v) is 18.6. The van der Waals surface area contributed by atoms with E-state index in [1.165, 1.54) is 12.5 Å². The lowest BCUT2D eigenvalue weighted by atomic mass is 10.2. The third-order valence-corrected chi connectivity index (χ3v) is 7.18. The Hall–Kier alpha value is -3.08. The van der Waals surface area contributed by atoms with Crippen LogP contribution in [-0.4, -0.2) is 65.3 Å². The van der Waals surface area contributed by atoms with E-state index in [1.54, 1.807) is 18.6 Å². The number of ether oxygens (including phenoxy) is 1. The van der Waals surface area contributed by atoms with Crippen LogP contribution in [0.3, 0.4) is 0 Å². The van der Waals surface area contributed by atoms with Crippen molar-refractivity contribution in [3.63, 3.8) is 0 Å². The number of fused-ring (bicyclic) bond motifs is 1. The Labute approximate surface area is 180 Å². The minimum atomic E-state index is -2.70. The Morgan fingerprint density at radius 1 is 1.19 bits per heavy atom. The fourth-order valence-electron chi connectivity index (χ4n) is 3.49. The average Bonchev–Trinajstić information content (AvgIpc) is 3.00. The topological polar surface area (TPSA) is 115 Å². The summed E-state index contributed by atoms with van der Waals surface area (Å²) in [5.74, 6) is 1.28. The number of carbonyl (C=O) groups excluding carboxylic acids is 1. The first kappa shape index (κ1) is 21.2. The molecule has 0 saturated carbocycles. The van der Waals surface area contributed by atoms with Crippen molar-refractivity contribution in [3.05, 3.63) is 36.7 Å². The standard InChI is InChI=1S/C20H25N7O3S/c1-14(2)30-16-9-15(10-21-11-16)20(28)25-31(29)7-4-5-27(6-8-31)19-17-18(22-12-23-19)26(3)13-24-17/h9-14H,4-8H2,1-3H3. The molecule has 1 fully saturated rings. The van der Waals surface area contributed by atoms with Crippen molar-refractivity contribution in [2.75, 3.05) is 29.5 Å². The molecule has 1 aliphatic heterocycles. The second-order valence-electron chi connectivity index (χ2n) is 7.72. The lowest BCUT2D eigenvalue weighted by molar-refractivity contribution is 0.100. The summed E-state index contributed by atoms with van der Waals surface area (Å²) in [4.78, 5) is 31.9. The lowest BCUT2D eigenvalue weighted by Gasteiger charge is -2.20. The van der Waals surface area contributed by atoms with Crippen molar-refractivity contribution in [2.24, 2.45) is 11.4 Å². The number of anilines is 1. The van der Waals surface area contributed by atoms with Crippen LogP contribution in [-0.2, 0) is 16.8 Å². The molecule has 11 heteroatoms. The molecular weight excluding hydrogens is 418 g/mol. The van der Waals surface area contributed by atoms with E-state index >= 15 is 0 Å². The van der Waals surface area contributed by atoms with E-state index in [-0.39, 0.29) is 17.4 Å². The van der Waals surface area contributed by atoms with Crippen LogP contribution in [0, 0.1) is 0 Å². The second kappa shape index (κ2) is 8.58. The fraction of sp³-hybridized carbons (Fsp3) is 0.450. The molecule has 0 aliphatic carbocycles. The molecule has 3 aromatic heterocycles. The summed E-state index contributed by atoms with van der Waals surface area (Å²) >= 11 is 0. The molecule has 10 nitrogen and oxygen atoms in total. The number of hydrogen-bond acceptors (Lipinski definition) is 8. The van der Waals surface area contributed by atoms with Gasteiger partial charge in [0.1, 0.15) is 12.1 Å². The van der Waals surface area contributed by atoms with Crippen LogP contribution in [0.5, 0.6) is 5.75 Å². The predicted molar refractivity (Wildman–Crippen MR) is 118 cm³/mol. The number of pyridine rings is 1. The number of rotatable bonds is 4. The van der Waals surface area contributed by atoms with Crippen molar-refractivity contribution in [3.8, 4) is 5.75 Å². The number of amides is 1. The maximum Gasteiger partial charge on any atom is 0.286 e. The first-order valence-electron chi connectivity index (χ1n) is 10.1. The van der Waals surface area contributed by atoms with Crippen molar-refractivity contribution in [1.82, 2.24) is 24.5 Å². The van der Waals surface area contributed by atoms with Crippen molar-refractivity contribution in [1.29, 1.82) is 0 Å². The van der Waals surface area contributed by atoms with Gasteiger partial charge in [-0.2, -0.15) is 4.36 Å². The van der Waals surface area contributed by atoms with Gasteiger partial charge in [0.15, 0.2) is 17.0 Å². The Balaban J connectivity index is 1.55. The highest BCUT2D eigenvalue weighted by molar-refractivity contribution is 7.93. The molecule has 1 aliphatic rings. The predicted octanol–water partition coefficient (Wildman–Crippen LogP) is 2.06. The third-order valence-electron chi connectivity index (χ3n) is 4.93. The molecule has 4 rings (SSSR count). The molecule has 0 spiro atoms. The van der Waals surface area contributed by atoms with Crippen LogP contribution in [0.4, 0.5) is 5.82 Å². The largest absolute Gasteiger partial charge is 0.489 e. The minimum Gasteiger partial charge on any atom is -0.489 e. The Bertz CT molecular complexity index is 1230. The minimum absolute atomic E-state index is 0.0410. The first-order valence-corrected chi connectivity index (χ1v) is 12.0. The van der Waals surface area contributed by atoms with Crippen LogP contribution < -0.4 is 9.64 Å². The van der Waals surface area contributed by atoms with Crippen LogP contribution in [0.15, 0.2) is 35.5 Å². The summed E-state index contributed by atoms with van der Waals surface area (Å²) in [6.45, 7) is 4.91. The molecule has 0 radical (unpaired) electrons. The molecule has 3 aromatic rings. The van der Waals surface area contributed by atoms with E-state index in [4.69, 9.17) is 4.74 Å². The summed E-state index contributed by atoms with van der Waals surface area (Å²) < 4.78 is 24.9. The summed E-state index contributed by atoms with van der Waals surface area (Å²) in [6, 6.07) is 1.59. The number of imidazole rings is 1. The summed E-state index contributed by atoms with van der Waals surface area (Å²) in [6.07, 6.45) is 6.75. The summed E-state index contributed by atoms with van der Waals surface area (Å²) in [5.41, 5.74) is 1.72. The fourth-order valence-corrected chi connectivity index (χ4v) is 5.37. The molecule has 1 atom stereocenters. The molecule has 1 saturated heterocycles. The molecule has 0 N–H and O–H groups in total. The van der Waals surface area contributed by atoms with E-state index < -0.39 is 15.6 Å². The average molecular weight is 444 g/mol. The van der Waals surface area contributed by atoms with E-state index in [0.717, 1.165) is 5.65 Å². The summed E-state index contributed by atoms with van der Waals surface area (Å²) in [5, 5.41) is 0. The Morgan fingerprint density at radius 2 is 2.03 bits per heavy atom. The van der Waals surface area contributed by atoms with Crippen molar-refractivity contribution < 1.29 is 13.7 Å². The van der Waals surface area contributed by atoms with Gasteiger partial charge in [0.25, 0.3) is 5.91 Å². The van der Waals surface area contributed by atoms with Gasteiger partial charge in [-0.1, -0.05) is 0 Å². The van der Waals surface area contributed by atoms with Gasteiger partial charge >= 0.3 is 0 Å². The molecule has 0 bridgehead atoms. The first-order chi connectivity index (χ1) is 14.8. The molecule has 4 heterocycles. The number of carbonyl (C=O) groups is 1. The van der Waals surface area contributed by atoms with E-state index in [2.05, 4.69) is 24.3 Å². The quantitative estimate of drug-likeness (QED) is 0.602. The maximum atomic E-state index is 13.4. The second-order valence-corrected chi connectivity index (χ2v) is 10.3. The smallest absolute Gasteiger partial charge is 0.286 e. The van der Waals surface area contributed by atoms with Gasteiger partial charge in [-0.15, -0.1) is 0 Å². The van der Waals surface area contributed by atoms with Gasteiger partial charge in [-0.05, 0) is 26.3 Å². The van der Waals surface area contributed by atoms with Gasteiger partial charge in [0, 0.05) is 37.8 Å². The lowest BCUT2D eigenvalue weighted by Crippen LogP contribution is -2.28. The van der Waals surface area contributed by atoms with Gasteiger partial charge in [-0.25, -0.2) is 19.2 Å². The number of aromatic nitrogens is 5. The van der Waals surface area contributed by atoms with Crippen LogP contribution >= 0.6 is 0 Å². The van der Waals surface area contributed by atoms with Gasteiger partial charge < -0.3 is 14.2 Å². The maximum absolute atomic E-state index is 13.4. The molecule has 1 amide bonds. The number of hydrogen-bond donors (Lipinski definition) is 0. The molecule has 164 valence electrons. The SMILES string of the molecule is CC(C)Oc1cncc(C(=O)N=S2(=O)CCCN(c3ncnc4c3ncn4C)CC2)c1. The normalized spacial score (nSPS) is 19.4. The highest BCUT2D eigenvalue weighted by Crippen LogP contribution is 2.23. The molecule has 31 heavy (non-hydrogen) atoms. The van der Waals surface area contributed by atoms with Gasteiger partial charge in [-0.3, -0.25) is 9.78 Å². The van der Waals surface area contributed by atoms with Crippen molar-refractivity contribution in [2.45, 2.75) is 26.4 Å². The zero-order valence-electron chi connectivity index (χ0n) is 17.8. The van der Waals surface area contributed by atoms with Gasteiger partial charge in [0.05, 0.1) is 33.9 Å². The van der Waals surface area contributed by atoms with E-state index in [9.17, 15) is 9.00 Å². The Kier molecular flexibility index (Phi) is 5.86. The van der Waals surface area contributed by atoms with Crippen molar-refractivity contribution >= 4 is 32.6 Å². The van der Waals surface area contributed by atoms with E-state index in [0.29, 0.717) is 42.3 Å².